The molecule has 96 valence electrons. The lowest BCUT2D eigenvalue weighted by Crippen LogP contribution is -1.85. The third kappa shape index (κ3) is 4.44. The average molecular weight is 248 g/mol. The van der Waals surface area contributed by atoms with Gasteiger partial charge in [0.25, 0.3) is 0 Å². The Morgan fingerprint density at radius 2 is 1.84 bits per heavy atom. The number of benzene rings is 1. The summed E-state index contributed by atoms with van der Waals surface area (Å²) in [6.45, 7) is 17.6. The molecule has 0 aliphatic rings. The van der Waals surface area contributed by atoms with Crippen LogP contribution in [0.25, 0.3) is 5.57 Å². The van der Waals surface area contributed by atoms with Crippen LogP contribution in [0.2, 0.25) is 0 Å². The molecule has 1 aromatic carbocycles. The highest BCUT2D eigenvalue weighted by molar-refractivity contribution is 5.77. The Bertz CT molecular complexity index is 565. The molecule has 0 atom stereocenters. The molecule has 0 saturated heterocycles. The van der Waals surface area contributed by atoms with Gasteiger partial charge in [-0.2, -0.15) is 0 Å². The molecule has 0 aliphatic heterocycles. The predicted molar refractivity (Wildman–Crippen MR) is 87.0 cm³/mol. The average Bonchev–Trinajstić information content (AvgIpc) is 2.41. The third-order valence-corrected chi connectivity index (χ3v) is 2.75. The summed E-state index contributed by atoms with van der Waals surface area (Å²) < 4.78 is 0. The second-order valence-corrected chi connectivity index (χ2v) is 4.32. The fraction of sp³-hybridized carbons (Fsp3) is 0.0526. The summed E-state index contributed by atoms with van der Waals surface area (Å²) >= 11 is 0. The van der Waals surface area contributed by atoms with E-state index in [1.54, 1.807) is 6.08 Å². The van der Waals surface area contributed by atoms with Crippen molar-refractivity contribution >= 4 is 5.57 Å². The van der Waals surface area contributed by atoms with Gasteiger partial charge in [-0.1, -0.05) is 80.4 Å². The Kier molecular flexibility index (Phi) is 5.56. The van der Waals surface area contributed by atoms with Gasteiger partial charge in [0, 0.05) is 0 Å². The molecule has 0 heteroatoms. The van der Waals surface area contributed by atoms with E-state index < -0.39 is 0 Å². The monoisotopic (exact) mass is 248 g/mol. The molecule has 0 saturated carbocycles. The molecule has 0 fully saturated rings. The molecule has 0 nitrogen and oxygen atoms in total. The predicted octanol–water partition coefficient (Wildman–Crippen LogP) is 5.42. The number of aryl methyl sites for hydroxylation is 1. The molecule has 0 unspecified atom stereocenters. The van der Waals surface area contributed by atoms with Crippen LogP contribution < -0.4 is 0 Å². The van der Waals surface area contributed by atoms with Crippen molar-refractivity contribution in [1.82, 2.24) is 0 Å². The topological polar surface area (TPSA) is 0 Å². The molecule has 0 N–H and O–H groups in total. The minimum atomic E-state index is 0.868. The molecule has 19 heavy (non-hydrogen) atoms. The summed E-state index contributed by atoms with van der Waals surface area (Å²) in [5.74, 6) is 0. The fourth-order valence-corrected chi connectivity index (χ4v) is 1.66. The summed E-state index contributed by atoms with van der Waals surface area (Å²) in [4.78, 5) is 0. The van der Waals surface area contributed by atoms with E-state index in [0.29, 0.717) is 0 Å². The maximum atomic E-state index is 4.03. The standard InChI is InChI=1S/C19H20/c1-6-8-11-16(4)17(5)14-18(7-2)19-12-9-10-15(3)13-19/h6-14H,1-2,4-5H2,3H3/b11-8-,18-14+. The number of rotatable bonds is 6. The van der Waals surface area contributed by atoms with Crippen LogP contribution >= 0.6 is 0 Å². The second-order valence-electron chi connectivity index (χ2n) is 4.32. The van der Waals surface area contributed by atoms with E-state index in [-0.39, 0.29) is 0 Å². The summed E-state index contributed by atoms with van der Waals surface area (Å²) in [7, 11) is 0. The van der Waals surface area contributed by atoms with Gasteiger partial charge in [0.05, 0.1) is 0 Å². The molecular formula is C19H20. The van der Waals surface area contributed by atoms with Crippen LogP contribution in [0.5, 0.6) is 0 Å². The van der Waals surface area contributed by atoms with Crippen molar-refractivity contribution in [2.24, 2.45) is 0 Å². The number of hydrogen-bond donors (Lipinski definition) is 0. The van der Waals surface area contributed by atoms with Crippen molar-refractivity contribution in [3.05, 3.63) is 103 Å². The van der Waals surface area contributed by atoms with E-state index in [1.807, 2.05) is 30.4 Å². The fourth-order valence-electron chi connectivity index (χ4n) is 1.66. The highest BCUT2D eigenvalue weighted by Crippen LogP contribution is 2.21. The van der Waals surface area contributed by atoms with Crippen LogP contribution in [0.4, 0.5) is 0 Å². The smallest absolute Gasteiger partial charge is 0.0181 e. The summed E-state index contributed by atoms with van der Waals surface area (Å²) in [6.07, 6.45) is 9.30. The quantitative estimate of drug-likeness (QED) is 0.590. The zero-order valence-corrected chi connectivity index (χ0v) is 11.5. The normalized spacial score (nSPS) is 11.3. The van der Waals surface area contributed by atoms with Gasteiger partial charge in [-0.05, 0) is 35.3 Å². The van der Waals surface area contributed by atoms with Gasteiger partial charge in [0.2, 0.25) is 0 Å². The maximum Gasteiger partial charge on any atom is -0.0181 e. The van der Waals surface area contributed by atoms with Crippen molar-refractivity contribution in [3.8, 4) is 0 Å². The molecule has 0 aliphatic carbocycles. The Labute approximate surface area is 116 Å². The van der Waals surface area contributed by atoms with Gasteiger partial charge in [-0.3, -0.25) is 0 Å². The van der Waals surface area contributed by atoms with Crippen molar-refractivity contribution in [1.29, 1.82) is 0 Å². The lowest BCUT2D eigenvalue weighted by molar-refractivity contribution is 1.45. The second kappa shape index (κ2) is 7.17. The molecular weight excluding hydrogens is 228 g/mol. The third-order valence-electron chi connectivity index (χ3n) is 2.75. The van der Waals surface area contributed by atoms with Crippen LogP contribution in [-0.4, -0.2) is 0 Å². The van der Waals surface area contributed by atoms with Crippen LogP contribution in [0.1, 0.15) is 11.1 Å². The van der Waals surface area contributed by atoms with Crippen LogP contribution in [0.3, 0.4) is 0 Å². The Morgan fingerprint density at radius 1 is 1.11 bits per heavy atom. The molecule has 0 bridgehead atoms. The first-order chi connectivity index (χ1) is 9.08. The van der Waals surface area contributed by atoms with Crippen molar-refractivity contribution in [3.63, 3.8) is 0 Å². The maximum absolute atomic E-state index is 4.03. The minimum absolute atomic E-state index is 0.868. The first kappa shape index (κ1) is 14.7. The van der Waals surface area contributed by atoms with Crippen LogP contribution in [0.15, 0.2) is 92.1 Å². The SMILES string of the molecule is C=C/C=C\C(=C)C(=C)/C=C(\C=C)c1cccc(C)c1. The Hall–Kier alpha value is -2.34. The van der Waals surface area contributed by atoms with Gasteiger partial charge < -0.3 is 0 Å². The van der Waals surface area contributed by atoms with E-state index in [4.69, 9.17) is 0 Å². The molecule has 1 aromatic rings. The minimum Gasteiger partial charge on any atom is -0.0991 e. The molecule has 0 aromatic heterocycles. The zero-order valence-electron chi connectivity index (χ0n) is 11.5. The first-order valence-corrected chi connectivity index (χ1v) is 6.17. The molecule has 0 spiro atoms. The van der Waals surface area contributed by atoms with Gasteiger partial charge in [-0.25, -0.2) is 0 Å². The highest BCUT2D eigenvalue weighted by atomic mass is 14.0. The Morgan fingerprint density at radius 3 is 2.42 bits per heavy atom. The molecule has 0 heterocycles. The Balaban J connectivity index is 3.03. The zero-order chi connectivity index (χ0) is 14.3. The van der Waals surface area contributed by atoms with Crippen molar-refractivity contribution in [2.75, 3.05) is 0 Å². The lowest BCUT2D eigenvalue weighted by atomic mass is 9.99. The van der Waals surface area contributed by atoms with Gasteiger partial charge in [0.15, 0.2) is 0 Å². The van der Waals surface area contributed by atoms with Crippen LogP contribution in [0, 0.1) is 6.92 Å². The lowest BCUT2D eigenvalue weighted by Gasteiger charge is -2.06. The van der Waals surface area contributed by atoms with Gasteiger partial charge in [-0.15, -0.1) is 0 Å². The van der Waals surface area contributed by atoms with E-state index in [9.17, 15) is 0 Å². The van der Waals surface area contributed by atoms with Gasteiger partial charge >= 0.3 is 0 Å². The number of hydrogen-bond acceptors (Lipinski definition) is 0. The molecule has 1 rings (SSSR count). The molecule has 0 amide bonds. The van der Waals surface area contributed by atoms with E-state index >= 15 is 0 Å². The largest absolute Gasteiger partial charge is 0.0991 e. The van der Waals surface area contributed by atoms with Crippen molar-refractivity contribution < 1.29 is 0 Å². The number of allylic oxidation sites excluding steroid dienone is 8. The van der Waals surface area contributed by atoms with Crippen LogP contribution in [-0.2, 0) is 0 Å². The molecule has 0 radical (unpaired) electrons. The summed E-state index contributed by atoms with van der Waals surface area (Å²) in [5, 5.41) is 0. The highest BCUT2D eigenvalue weighted by Gasteiger charge is 2.00. The van der Waals surface area contributed by atoms with E-state index in [1.165, 1.54) is 5.56 Å². The van der Waals surface area contributed by atoms with E-state index in [0.717, 1.165) is 22.3 Å². The first-order valence-electron chi connectivity index (χ1n) is 6.17. The van der Waals surface area contributed by atoms with Gasteiger partial charge in [0.1, 0.15) is 0 Å². The summed E-state index contributed by atoms with van der Waals surface area (Å²) in [5.41, 5.74) is 5.14. The van der Waals surface area contributed by atoms with E-state index in [2.05, 4.69) is 51.4 Å². The summed E-state index contributed by atoms with van der Waals surface area (Å²) in [6, 6.07) is 8.31. The van der Waals surface area contributed by atoms with Crippen molar-refractivity contribution in [2.45, 2.75) is 6.92 Å².